The number of hydrogen-bond donors (Lipinski definition) is 0. The van der Waals surface area contributed by atoms with E-state index in [0.29, 0.717) is 11.1 Å². The molecule has 60 heavy (non-hydrogen) atoms. The van der Waals surface area contributed by atoms with E-state index in [1.165, 1.54) is 0 Å². The average molecular weight is 767 g/mol. The first-order valence-corrected chi connectivity index (χ1v) is 19.9. The van der Waals surface area contributed by atoms with Gasteiger partial charge in [-0.2, -0.15) is 10.5 Å². The summed E-state index contributed by atoms with van der Waals surface area (Å²) < 4.78 is 0. The molecule has 0 radical (unpaired) electrons. The molecule has 0 saturated carbocycles. The Hall–Kier alpha value is -8.44. The van der Waals surface area contributed by atoms with E-state index in [1.807, 2.05) is 97.1 Å². The summed E-state index contributed by atoms with van der Waals surface area (Å²) in [6, 6.07) is 83.8. The van der Waals surface area contributed by atoms with Gasteiger partial charge in [-0.3, -0.25) is 0 Å². The van der Waals surface area contributed by atoms with Crippen molar-refractivity contribution in [2.75, 3.05) is 9.80 Å². The number of anilines is 6. The van der Waals surface area contributed by atoms with Crippen LogP contribution in [0.5, 0.6) is 0 Å². The zero-order chi connectivity index (χ0) is 40.7. The van der Waals surface area contributed by atoms with Crippen molar-refractivity contribution in [2.24, 2.45) is 0 Å². The fourth-order valence-electron chi connectivity index (χ4n) is 7.96. The molecule has 9 rings (SSSR count). The first-order valence-electron chi connectivity index (χ1n) is 19.9. The second-order valence-corrected chi connectivity index (χ2v) is 14.4. The number of para-hydroxylation sites is 2. The van der Waals surface area contributed by atoms with Gasteiger partial charge in [-0.15, -0.1) is 0 Å². The van der Waals surface area contributed by atoms with Gasteiger partial charge in [0.2, 0.25) is 0 Å². The van der Waals surface area contributed by atoms with Crippen molar-refractivity contribution in [1.29, 1.82) is 10.5 Å². The standard InChI is InChI=1S/C56H38N4/c57-39-41-17-15-27-47(35-41)59(45-23-9-3-10-24-45)49-31-33-53(55(37-49)43-19-5-1-6-20-43)51-29-13-14-30-52(51)54-34-32-50(38-56(54)44-21-7-2-8-22-44)60(46-25-11-4-12-26-46)48-28-16-18-42(36-48)40-58/h1-38H. The fraction of sp³-hybridized carbons (Fsp3) is 0. The largest absolute Gasteiger partial charge is 0.310 e. The molecule has 0 atom stereocenters. The zero-order valence-electron chi connectivity index (χ0n) is 32.7. The highest BCUT2D eigenvalue weighted by molar-refractivity contribution is 5.98. The molecule has 0 heterocycles. The summed E-state index contributed by atoms with van der Waals surface area (Å²) in [5.74, 6) is 0. The lowest BCUT2D eigenvalue weighted by Crippen LogP contribution is -2.10. The molecule has 0 amide bonds. The molecule has 4 heteroatoms. The Morgan fingerprint density at radius 1 is 0.250 bits per heavy atom. The minimum Gasteiger partial charge on any atom is -0.310 e. The van der Waals surface area contributed by atoms with Gasteiger partial charge >= 0.3 is 0 Å². The Bertz CT molecular complexity index is 2800. The SMILES string of the molecule is N#Cc1cccc(N(c2ccccc2)c2ccc(-c3ccccc3-c3ccc(N(c4ccccc4)c4cccc(C#N)c4)cc3-c3ccccc3)c(-c3ccccc3)c2)c1. The van der Waals surface area contributed by atoms with Gasteiger partial charge in [-0.25, -0.2) is 0 Å². The predicted molar refractivity (Wildman–Crippen MR) is 247 cm³/mol. The number of rotatable bonds is 10. The molecule has 0 aromatic heterocycles. The Balaban J connectivity index is 1.24. The molecular formula is C56H38N4. The van der Waals surface area contributed by atoms with Crippen LogP contribution in [0.1, 0.15) is 11.1 Å². The van der Waals surface area contributed by atoms with E-state index in [2.05, 4.69) is 155 Å². The first-order chi connectivity index (χ1) is 29.7. The molecule has 282 valence electrons. The molecule has 0 unspecified atom stereocenters. The molecule has 4 nitrogen and oxygen atoms in total. The highest BCUT2D eigenvalue weighted by Crippen LogP contribution is 2.46. The molecule has 0 aliphatic heterocycles. The van der Waals surface area contributed by atoms with Gasteiger partial charge in [0.15, 0.2) is 0 Å². The molecule has 9 aromatic rings. The maximum atomic E-state index is 9.84. The van der Waals surface area contributed by atoms with Crippen LogP contribution in [-0.2, 0) is 0 Å². The summed E-state index contributed by atoms with van der Waals surface area (Å²) in [6.07, 6.45) is 0. The summed E-state index contributed by atoms with van der Waals surface area (Å²) in [5, 5.41) is 19.7. The maximum Gasteiger partial charge on any atom is 0.0992 e. The monoisotopic (exact) mass is 766 g/mol. The van der Waals surface area contributed by atoms with Gasteiger partial charge in [0.05, 0.1) is 23.3 Å². The average Bonchev–Trinajstić information content (AvgIpc) is 3.33. The number of nitrogens with zero attached hydrogens (tertiary/aromatic N) is 4. The van der Waals surface area contributed by atoms with E-state index in [1.54, 1.807) is 0 Å². The summed E-state index contributed by atoms with van der Waals surface area (Å²) in [4.78, 5) is 4.42. The highest BCUT2D eigenvalue weighted by Gasteiger charge is 2.21. The molecule has 9 aromatic carbocycles. The van der Waals surface area contributed by atoms with Gasteiger partial charge < -0.3 is 9.80 Å². The highest BCUT2D eigenvalue weighted by atomic mass is 15.1. The van der Waals surface area contributed by atoms with E-state index < -0.39 is 0 Å². The topological polar surface area (TPSA) is 54.1 Å². The fourth-order valence-corrected chi connectivity index (χ4v) is 7.96. The van der Waals surface area contributed by atoms with Crippen LogP contribution in [0, 0.1) is 22.7 Å². The quantitative estimate of drug-likeness (QED) is 0.139. The minimum atomic E-state index is 0.602. The van der Waals surface area contributed by atoms with E-state index in [0.717, 1.165) is 78.6 Å². The number of hydrogen-bond acceptors (Lipinski definition) is 4. The van der Waals surface area contributed by atoms with Gasteiger partial charge in [-0.1, -0.05) is 146 Å². The lowest BCUT2D eigenvalue weighted by atomic mass is 9.86. The molecule has 0 saturated heterocycles. The normalized spacial score (nSPS) is 10.6. The predicted octanol–water partition coefficient (Wildman–Crippen LogP) is 15.0. The Kier molecular flexibility index (Phi) is 10.5. The molecule has 0 N–H and O–H groups in total. The molecular weight excluding hydrogens is 729 g/mol. The van der Waals surface area contributed by atoms with E-state index >= 15 is 0 Å². The summed E-state index contributed by atoms with van der Waals surface area (Å²) in [5.41, 5.74) is 15.7. The van der Waals surface area contributed by atoms with E-state index in [4.69, 9.17) is 0 Å². The molecule has 0 bridgehead atoms. The smallest absolute Gasteiger partial charge is 0.0992 e. The van der Waals surface area contributed by atoms with Crippen molar-refractivity contribution in [1.82, 2.24) is 0 Å². The minimum absolute atomic E-state index is 0.602. The van der Waals surface area contributed by atoms with E-state index in [-0.39, 0.29) is 0 Å². The van der Waals surface area contributed by atoms with Gasteiger partial charge in [0.25, 0.3) is 0 Å². The second kappa shape index (κ2) is 17.0. The lowest BCUT2D eigenvalue weighted by Gasteiger charge is -2.28. The van der Waals surface area contributed by atoms with Crippen molar-refractivity contribution >= 4 is 34.1 Å². The summed E-state index contributed by atoms with van der Waals surface area (Å²) in [7, 11) is 0. The van der Waals surface area contributed by atoms with Crippen LogP contribution in [0.4, 0.5) is 34.1 Å². The van der Waals surface area contributed by atoms with Crippen molar-refractivity contribution in [2.45, 2.75) is 0 Å². The number of nitriles is 2. The second-order valence-electron chi connectivity index (χ2n) is 14.4. The first kappa shape index (κ1) is 37.2. The summed E-state index contributed by atoms with van der Waals surface area (Å²) >= 11 is 0. The third-order valence-corrected chi connectivity index (χ3v) is 10.7. The third kappa shape index (κ3) is 7.53. The van der Waals surface area contributed by atoms with Crippen LogP contribution in [0.15, 0.2) is 231 Å². The molecule has 0 fully saturated rings. The number of benzene rings is 9. The van der Waals surface area contributed by atoms with E-state index in [9.17, 15) is 10.5 Å². The third-order valence-electron chi connectivity index (χ3n) is 10.7. The van der Waals surface area contributed by atoms with Gasteiger partial charge in [-0.05, 0) is 129 Å². The van der Waals surface area contributed by atoms with Crippen LogP contribution in [0.3, 0.4) is 0 Å². The zero-order valence-corrected chi connectivity index (χ0v) is 32.7. The van der Waals surface area contributed by atoms with Gasteiger partial charge in [0, 0.05) is 34.1 Å². The van der Waals surface area contributed by atoms with Gasteiger partial charge in [0.1, 0.15) is 0 Å². The lowest BCUT2D eigenvalue weighted by molar-refractivity contribution is 1.28. The van der Waals surface area contributed by atoms with Crippen LogP contribution >= 0.6 is 0 Å². The molecule has 0 spiro atoms. The van der Waals surface area contributed by atoms with Crippen molar-refractivity contribution in [3.8, 4) is 56.6 Å². The van der Waals surface area contributed by atoms with Crippen LogP contribution in [-0.4, -0.2) is 0 Å². The Labute approximate surface area is 351 Å². The molecule has 0 aliphatic rings. The van der Waals surface area contributed by atoms with Crippen LogP contribution < -0.4 is 9.80 Å². The van der Waals surface area contributed by atoms with Crippen LogP contribution in [0.25, 0.3) is 44.5 Å². The Morgan fingerprint density at radius 3 is 0.950 bits per heavy atom. The van der Waals surface area contributed by atoms with Crippen molar-refractivity contribution < 1.29 is 0 Å². The summed E-state index contributed by atoms with van der Waals surface area (Å²) in [6.45, 7) is 0. The molecule has 0 aliphatic carbocycles. The van der Waals surface area contributed by atoms with Crippen molar-refractivity contribution in [3.05, 3.63) is 242 Å². The maximum absolute atomic E-state index is 9.84. The van der Waals surface area contributed by atoms with Crippen LogP contribution in [0.2, 0.25) is 0 Å². The Morgan fingerprint density at radius 2 is 0.567 bits per heavy atom. The van der Waals surface area contributed by atoms with Crippen molar-refractivity contribution in [3.63, 3.8) is 0 Å².